The van der Waals surface area contributed by atoms with E-state index in [-0.39, 0.29) is 11.1 Å². The van der Waals surface area contributed by atoms with Crippen molar-refractivity contribution in [3.05, 3.63) is 12.5 Å². The summed E-state index contributed by atoms with van der Waals surface area (Å²) in [7, 11) is -1.73. The minimum absolute atomic E-state index is 0.0658. The molecule has 2 heterocycles. The lowest BCUT2D eigenvalue weighted by molar-refractivity contribution is 0.263. The van der Waals surface area contributed by atoms with E-state index in [1.54, 1.807) is 22.1 Å². The minimum atomic E-state index is -3.51. The summed E-state index contributed by atoms with van der Waals surface area (Å²) in [6.45, 7) is 6.31. The second kappa shape index (κ2) is 6.24. The van der Waals surface area contributed by atoms with Gasteiger partial charge in [-0.3, -0.25) is 0 Å². The van der Waals surface area contributed by atoms with E-state index >= 15 is 0 Å². The smallest absolute Gasteiger partial charge is 0.262 e. The number of hydrogen-bond acceptors (Lipinski definition) is 4. The number of nitrogens with zero attached hydrogens (tertiary/aromatic N) is 3. The molecule has 6 nitrogen and oxygen atoms in total. The van der Waals surface area contributed by atoms with E-state index in [4.69, 9.17) is 0 Å². The van der Waals surface area contributed by atoms with E-state index in [1.165, 1.54) is 6.33 Å². The Bertz CT molecular complexity index is 532. The van der Waals surface area contributed by atoms with Crippen LogP contribution in [0.15, 0.2) is 17.6 Å². The van der Waals surface area contributed by atoms with Crippen LogP contribution in [-0.2, 0) is 17.1 Å². The molecule has 1 N–H and O–H groups in total. The van der Waals surface area contributed by atoms with Gasteiger partial charge in [-0.05, 0) is 45.7 Å². The van der Waals surface area contributed by atoms with Crippen molar-refractivity contribution in [2.24, 2.45) is 13.0 Å². The fourth-order valence-corrected chi connectivity index (χ4v) is 4.25. The number of hydrogen-bond donors (Lipinski definition) is 1. The topological polar surface area (TPSA) is 67.2 Å². The molecule has 0 bridgehead atoms. The molecule has 7 heteroatoms. The van der Waals surface area contributed by atoms with Crippen molar-refractivity contribution < 1.29 is 8.42 Å². The molecule has 20 heavy (non-hydrogen) atoms. The van der Waals surface area contributed by atoms with Crippen molar-refractivity contribution in [3.8, 4) is 0 Å². The lowest BCUT2D eigenvalue weighted by Gasteiger charge is -2.31. The fourth-order valence-electron chi connectivity index (χ4n) is 2.56. The molecule has 0 spiro atoms. The standard InChI is InChI=1S/C13H24N4O2S/c1-11(2)17(8-12-5-4-6-14-7-12)20(18,19)13-9-16(3)10-15-13/h9-12,14H,4-8H2,1-3H3. The quantitative estimate of drug-likeness (QED) is 0.874. The van der Waals surface area contributed by atoms with Gasteiger partial charge in [-0.1, -0.05) is 0 Å². The van der Waals surface area contributed by atoms with E-state index in [2.05, 4.69) is 10.3 Å². The van der Waals surface area contributed by atoms with Crippen LogP contribution in [0.5, 0.6) is 0 Å². The molecule has 1 aromatic heterocycles. The summed E-state index contributed by atoms with van der Waals surface area (Å²) in [5.74, 6) is 0.379. The van der Waals surface area contributed by atoms with Gasteiger partial charge in [-0.25, -0.2) is 13.4 Å². The number of piperidine rings is 1. The summed E-state index contributed by atoms with van der Waals surface area (Å²) in [5, 5.41) is 3.47. The first-order valence-corrected chi connectivity index (χ1v) is 8.56. The molecule has 1 saturated heterocycles. The van der Waals surface area contributed by atoms with Crippen molar-refractivity contribution in [1.82, 2.24) is 19.2 Å². The molecule has 0 aliphatic carbocycles. The van der Waals surface area contributed by atoms with E-state index in [0.717, 1.165) is 25.9 Å². The summed E-state index contributed by atoms with van der Waals surface area (Å²) < 4.78 is 28.6. The Kier molecular flexibility index (Phi) is 4.82. The van der Waals surface area contributed by atoms with E-state index in [9.17, 15) is 8.42 Å². The van der Waals surface area contributed by atoms with Crippen LogP contribution < -0.4 is 5.32 Å². The molecule has 0 radical (unpaired) electrons. The van der Waals surface area contributed by atoms with Crippen LogP contribution in [0.2, 0.25) is 0 Å². The normalized spacial score (nSPS) is 20.8. The fraction of sp³-hybridized carbons (Fsp3) is 0.769. The van der Waals surface area contributed by atoms with E-state index in [0.29, 0.717) is 12.5 Å². The lowest BCUT2D eigenvalue weighted by Crippen LogP contribution is -2.44. The molecule has 0 amide bonds. The first-order valence-electron chi connectivity index (χ1n) is 7.12. The summed E-state index contributed by atoms with van der Waals surface area (Å²) >= 11 is 0. The zero-order chi connectivity index (χ0) is 14.8. The van der Waals surface area contributed by atoms with E-state index < -0.39 is 10.0 Å². The van der Waals surface area contributed by atoms with Crippen LogP contribution in [0.25, 0.3) is 0 Å². The molecule has 1 aliphatic heterocycles. The average Bonchev–Trinajstić information content (AvgIpc) is 2.84. The van der Waals surface area contributed by atoms with Crippen molar-refractivity contribution in [2.75, 3.05) is 19.6 Å². The predicted octanol–water partition coefficient (Wildman–Crippen LogP) is 0.819. The highest BCUT2D eigenvalue weighted by Crippen LogP contribution is 2.20. The highest BCUT2D eigenvalue weighted by Gasteiger charge is 2.31. The average molecular weight is 300 g/mol. The van der Waals surface area contributed by atoms with Crippen LogP contribution in [0, 0.1) is 5.92 Å². The van der Waals surface area contributed by atoms with Gasteiger partial charge in [-0.2, -0.15) is 4.31 Å². The Hall–Kier alpha value is -0.920. The Balaban J connectivity index is 2.19. The van der Waals surface area contributed by atoms with Gasteiger partial charge in [0, 0.05) is 25.8 Å². The summed E-state index contributed by atoms with van der Waals surface area (Å²) in [4.78, 5) is 4.00. The molecular formula is C13H24N4O2S. The van der Waals surface area contributed by atoms with Gasteiger partial charge in [0.1, 0.15) is 0 Å². The monoisotopic (exact) mass is 300 g/mol. The van der Waals surface area contributed by atoms with Gasteiger partial charge in [0.2, 0.25) is 0 Å². The maximum absolute atomic E-state index is 12.7. The maximum atomic E-state index is 12.7. The van der Waals surface area contributed by atoms with Crippen LogP contribution in [0.4, 0.5) is 0 Å². The highest BCUT2D eigenvalue weighted by atomic mass is 32.2. The number of imidazole rings is 1. The molecule has 1 unspecified atom stereocenters. The third kappa shape index (κ3) is 3.39. The Labute approximate surface area is 121 Å². The van der Waals surface area contributed by atoms with Crippen LogP contribution in [-0.4, -0.2) is 48.0 Å². The zero-order valence-electron chi connectivity index (χ0n) is 12.4. The van der Waals surface area contributed by atoms with Gasteiger partial charge >= 0.3 is 0 Å². The van der Waals surface area contributed by atoms with Crippen LogP contribution in [0.3, 0.4) is 0 Å². The number of aromatic nitrogens is 2. The molecule has 1 atom stereocenters. The zero-order valence-corrected chi connectivity index (χ0v) is 13.2. The minimum Gasteiger partial charge on any atom is -0.339 e. The van der Waals surface area contributed by atoms with Crippen LogP contribution in [0.1, 0.15) is 26.7 Å². The summed E-state index contributed by atoms with van der Waals surface area (Å²) in [6, 6.07) is -0.0658. The summed E-state index contributed by atoms with van der Waals surface area (Å²) in [6.07, 6.45) is 5.27. The lowest BCUT2D eigenvalue weighted by atomic mass is 9.99. The largest absolute Gasteiger partial charge is 0.339 e. The Morgan fingerprint density at radius 2 is 2.30 bits per heavy atom. The first kappa shape index (κ1) is 15.5. The molecule has 114 valence electrons. The number of nitrogens with one attached hydrogen (secondary N) is 1. The second-order valence-electron chi connectivity index (χ2n) is 5.76. The molecule has 1 fully saturated rings. The van der Waals surface area contributed by atoms with E-state index in [1.807, 2.05) is 13.8 Å². The second-order valence-corrected chi connectivity index (χ2v) is 7.60. The molecule has 1 aromatic rings. The van der Waals surface area contributed by atoms with Crippen molar-refractivity contribution in [2.45, 2.75) is 37.8 Å². The third-order valence-electron chi connectivity index (χ3n) is 3.67. The van der Waals surface area contributed by atoms with Crippen molar-refractivity contribution >= 4 is 10.0 Å². The predicted molar refractivity (Wildman–Crippen MR) is 77.8 cm³/mol. The van der Waals surface area contributed by atoms with Gasteiger partial charge < -0.3 is 9.88 Å². The van der Waals surface area contributed by atoms with Gasteiger partial charge in [0.15, 0.2) is 5.03 Å². The van der Waals surface area contributed by atoms with Gasteiger partial charge in [0.05, 0.1) is 6.33 Å². The number of sulfonamides is 1. The first-order chi connectivity index (χ1) is 9.41. The number of aryl methyl sites for hydroxylation is 1. The molecule has 0 aromatic carbocycles. The van der Waals surface area contributed by atoms with Crippen LogP contribution >= 0.6 is 0 Å². The SMILES string of the molecule is CC(C)N(CC1CCCNC1)S(=O)(=O)c1cn(C)cn1. The summed E-state index contributed by atoms with van der Waals surface area (Å²) in [5.41, 5.74) is 0. The van der Waals surface area contributed by atoms with Gasteiger partial charge in [0.25, 0.3) is 10.0 Å². The Morgan fingerprint density at radius 1 is 1.55 bits per heavy atom. The highest BCUT2D eigenvalue weighted by molar-refractivity contribution is 7.89. The van der Waals surface area contributed by atoms with Crippen molar-refractivity contribution in [3.63, 3.8) is 0 Å². The maximum Gasteiger partial charge on any atom is 0.262 e. The molecular weight excluding hydrogens is 276 g/mol. The van der Waals surface area contributed by atoms with Gasteiger partial charge in [-0.15, -0.1) is 0 Å². The molecule has 0 saturated carbocycles. The van der Waals surface area contributed by atoms with Crippen molar-refractivity contribution in [1.29, 1.82) is 0 Å². The Morgan fingerprint density at radius 3 is 2.80 bits per heavy atom. The third-order valence-corrected chi connectivity index (χ3v) is 5.59. The number of rotatable bonds is 5. The molecule has 2 rings (SSSR count). The molecule has 1 aliphatic rings.